The van der Waals surface area contributed by atoms with Gasteiger partial charge in [-0.2, -0.15) is 5.26 Å². The molecule has 0 radical (unpaired) electrons. The Bertz CT molecular complexity index is 778. The van der Waals surface area contributed by atoms with Crippen molar-refractivity contribution in [3.63, 3.8) is 0 Å². The van der Waals surface area contributed by atoms with Crippen molar-refractivity contribution in [2.45, 2.75) is 38.3 Å². The van der Waals surface area contributed by atoms with Crippen LogP contribution in [-0.2, 0) is 16.1 Å². The number of carbonyl (C=O) groups is 1. The number of hydrogen-bond acceptors (Lipinski definition) is 5. The smallest absolute Gasteiger partial charge is 0.307 e. The zero-order chi connectivity index (χ0) is 19.6. The number of hydrogen-bond donors (Lipinski definition) is 0. The fourth-order valence-corrected chi connectivity index (χ4v) is 3.38. The number of carbonyl (C=O) groups excluding carboxylic acids is 1. The molecule has 1 atom stereocenters. The summed E-state index contributed by atoms with van der Waals surface area (Å²) in [6, 6.07) is 18.8. The SMILES string of the molecule is N#Cc1ccc(OCC(CC(=O)OCc2ccccc2)N2CCCCC2)cc1. The Morgan fingerprint density at radius 1 is 1.04 bits per heavy atom. The number of rotatable bonds is 8. The Kier molecular flexibility index (Phi) is 7.45. The van der Waals surface area contributed by atoms with Gasteiger partial charge in [0.15, 0.2) is 0 Å². The minimum absolute atomic E-state index is 0.0146. The van der Waals surface area contributed by atoms with Crippen LogP contribution in [0.5, 0.6) is 5.75 Å². The first-order valence-corrected chi connectivity index (χ1v) is 9.81. The molecule has 3 rings (SSSR count). The van der Waals surface area contributed by atoms with Gasteiger partial charge in [0.25, 0.3) is 0 Å². The average molecular weight is 378 g/mol. The van der Waals surface area contributed by atoms with Crippen molar-refractivity contribution in [2.75, 3.05) is 19.7 Å². The van der Waals surface area contributed by atoms with Crippen LogP contribution in [0.2, 0.25) is 0 Å². The molecule has 0 saturated carbocycles. The molecule has 1 fully saturated rings. The number of likely N-dealkylation sites (tertiary alicyclic amines) is 1. The van der Waals surface area contributed by atoms with Crippen molar-refractivity contribution in [2.24, 2.45) is 0 Å². The Hall–Kier alpha value is -2.84. The molecule has 28 heavy (non-hydrogen) atoms. The molecular weight excluding hydrogens is 352 g/mol. The van der Waals surface area contributed by atoms with Crippen LogP contribution in [0.25, 0.3) is 0 Å². The lowest BCUT2D eigenvalue weighted by molar-refractivity contribution is -0.146. The summed E-state index contributed by atoms with van der Waals surface area (Å²) in [5.41, 5.74) is 1.59. The molecule has 1 heterocycles. The topological polar surface area (TPSA) is 62.6 Å². The van der Waals surface area contributed by atoms with E-state index >= 15 is 0 Å². The summed E-state index contributed by atoms with van der Waals surface area (Å²) in [6.45, 7) is 2.68. The second kappa shape index (κ2) is 10.5. The van der Waals surface area contributed by atoms with Crippen LogP contribution in [0.4, 0.5) is 0 Å². The van der Waals surface area contributed by atoms with Crippen LogP contribution in [0, 0.1) is 11.3 Å². The van der Waals surface area contributed by atoms with E-state index < -0.39 is 0 Å². The van der Waals surface area contributed by atoms with Crippen molar-refractivity contribution in [1.82, 2.24) is 4.90 Å². The summed E-state index contributed by atoms with van der Waals surface area (Å²) < 4.78 is 11.4. The Morgan fingerprint density at radius 3 is 2.43 bits per heavy atom. The van der Waals surface area contributed by atoms with Gasteiger partial charge in [0, 0.05) is 0 Å². The van der Waals surface area contributed by atoms with E-state index in [0.717, 1.165) is 31.5 Å². The molecule has 0 spiro atoms. The molecule has 2 aromatic carbocycles. The summed E-state index contributed by atoms with van der Waals surface area (Å²) in [5, 5.41) is 8.90. The second-order valence-corrected chi connectivity index (χ2v) is 7.05. The van der Waals surface area contributed by atoms with E-state index in [1.54, 1.807) is 24.3 Å². The number of esters is 1. The number of nitrogens with zero attached hydrogens (tertiary/aromatic N) is 2. The second-order valence-electron chi connectivity index (χ2n) is 7.05. The van der Waals surface area contributed by atoms with E-state index in [2.05, 4.69) is 11.0 Å². The summed E-state index contributed by atoms with van der Waals surface area (Å²) in [7, 11) is 0. The summed E-state index contributed by atoms with van der Waals surface area (Å²) in [4.78, 5) is 14.8. The Morgan fingerprint density at radius 2 is 1.75 bits per heavy atom. The zero-order valence-electron chi connectivity index (χ0n) is 16.0. The first kappa shape index (κ1) is 19.9. The molecular formula is C23H26N2O3. The molecule has 5 nitrogen and oxygen atoms in total. The fraction of sp³-hybridized carbons (Fsp3) is 0.391. The van der Waals surface area contributed by atoms with Gasteiger partial charge in [0.05, 0.1) is 24.1 Å². The van der Waals surface area contributed by atoms with Crippen molar-refractivity contribution < 1.29 is 14.3 Å². The lowest BCUT2D eigenvalue weighted by Gasteiger charge is -2.33. The van der Waals surface area contributed by atoms with Crippen LogP contribution in [0.1, 0.15) is 36.8 Å². The third-order valence-corrected chi connectivity index (χ3v) is 4.98. The molecule has 1 aliphatic heterocycles. The van der Waals surface area contributed by atoms with Gasteiger partial charge in [-0.05, 0) is 55.8 Å². The number of nitriles is 1. The maximum atomic E-state index is 12.4. The molecule has 5 heteroatoms. The molecule has 0 aliphatic carbocycles. The van der Waals surface area contributed by atoms with Crippen LogP contribution in [0.3, 0.4) is 0 Å². The molecule has 0 aromatic heterocycles. The van der Waals surface area contributed by atoms with E-state index in [4.69, 9.17) is 14.7 Å². The van der Waals surface area contributed by atoms with Gasteiger partial charge in [0.2, 0.25) is 0 Å². The molecule has 0 bridgehead atoms. The Labute approximate surface area is 166 Å². The molecule has 1 aliphatic rings. The minimum atomic E-state index is -0.206. The van der Waals surface area contributed by atoms with Crippen molar-refractivity contribution in [1.29, 1.82) is 5.26 Å². The van der Waals surface area contributed by atoms with Crippen LogP contribution >= 0.6 is 0 Å². The van der Waals surface area contributed by atoms with Crippen molar-refractivity contribution in [3.8, 4) is 11.8 Å². The lowest BCUT2D eigenvalue weighted by Crippen LogP contribution is -2.44. The van der Waals surface area contributed by atoms with Crippen LogP contribution < -0.4 is 4.74 Å². The predicted molar refractivity (Wildman–Crippen MR) is 107 cm³/mol. The quantitative estimate of drug-likeness (QED) is 0.652. The number of ether oxygens (including phenoxy) is 2. The first-order valence-electron chi connectivity index (χ1n) is 9.81. The van der Waals surface area contributed by atoms with E-state index in [1.165, 1.54) is 6.42 Å². The highest BCUT2D eigenvalue weighted by molar-refractivity contribution is 5.70. The van der Waals surface area contributed by atoms with Gasteiger partial charge in [-0.25, -0.2) is 0 Å². The van der Waals surface area contributed by atoms with E-state index in [-0.39, 0.29) is 12.0 Å². The number of benzene rings is 2. The lowest BCUT2D eigenvalue weighted by atomic mass is 10.1. The third-order valence-electron chi connectivity index (χ3n) is 4.98. The molecule has 0 N–H and O–H groups in total. The minimum Gasteiger partial charge on any atom is -0.492 e. The maximum Gasteiger partial charge on any atom is 0.307 e. The van der Waals surface area contributed by atoms with Gasteiger partial charge < -0.3 is 9.47 Å². The van der Waals surface area contributed by atoms with E-state index in [0.29, 0.717) is 30.9 Å². The van der Waals surface area contributed by atoms with Crippen LogP contribution in [0.15, 0.2) is 54.6 Å². The van der Waals surface area contributed by atoms with Crippen molar-refractivity contribution >= 4 is 5.97 Å². The van der Waals surface area contributed by atoms with Gasteiger partial charge >= 0.3 is 5.97 Å². The van der Waals surface area contributed by atoms with Gasteiger partial charge in [-0.15, -0.1) is 0 Å². The summed E-state index contributed by atoms with van der Waals surface area (Å²) >= 11 is 0. The highest BCUT2D eigenvalue weighted by atomic mass is 16.5. The summed E-state index contributed by atoms with van der Waals surface area (Å²) in [6.07, 6.45) is 3.83. The molecule has 146 valence electrons. The maximum absolute atomic E-state index is 12.4. The molecule has 1 saturated heterocycles. The van der Waals surface area contributed by atoms with E-state index in [9.17, 15) is 4.79 Å². The third kappa shape index (κ3) is 6.11. The summed E-state index contributed by atoms with van der Waals surface area (Å²) in [5.74, 6) is 0.501. The normalized spacial score (nSPS) is 15.4. The van der Waals surface area contributed by atoms with Crippen molar-refractivity contribution in [3.05, 3.63) is 65.7 Å². The number of piperidine rings is 1. The van der Waals surface area contributed by atoms with Crippen LogP contribution in [-0.4, -0.2) is 36.6 Å². The zero-order valence-corrected chi connectivity index (χ0v) is 16.0. The van der Waals surface area contributed by atoms with E-state index in [1.807, 2.05) is 30.3 Å². The highest BCUT2D eigenvalue weighted by Gasteiger charge is 2.24. The standard InChI is InChI=1S/C23H26N2O3/c24-16-19-9-11-22(12-10-19)27-18-21(25-13-5-2-6-14-25)15-23(26)28-17-20-7-3-1-4-8-20/h1,3-4,7-12,21H,2,5-6,13-15,17-18H2. The molecule has 2 aromatic rings. The van der Waals surface area contributed by atoms with Gasteiger partial charge in [-0.1, -0.05) is 36.8 Å². The molecule has 0 amide bonds. The monoisotopic (exact) mass is 378 g/mol. The molecule has 1 unspecified atom stereocenters. The predicted octanol–water partition coefficient (Wildman–Crippen LogP) is 3.93. The average Bonchev–Trinajstić information content (AvgIpc) is 2.77. The van der Waals surface area contributed by atoms with Gasteiger partial charge in [0.1, 0.15) is 19.0 Å². The fourth-order valence-electron chi connectivity index (χ4n) is 3.38. The highest BCUT2D eigenvalue weighted by Crippen LogP contribution is 2.18. The largest absolute Gasteiger partial charge is 0.492 e. The first-order chi connectivity index (χ1) is 13.7. The van der Waals surface area contributed by atoms with Gasteiger partial charge in [-0.3, -0.25) is 9.69 Å². The Balaban J connectivity index is 1.56.